The zero-order valence-electron chi connectivity index (χ0n) is 8.21. The Morgan fingerprint density at radius 1 is 0.938 bits per heavy atom. The van der Waals surface area contributed by atoms with Crippen molar-refractivity contribution in [1.82, 2.24) is 15.0 Å². The van der Waals surface area contributed by atoms with Crippen LogP contribution in [0.3, 0.4) is 0 Å². The topological polar surface area (TPSA) is 38.7 Å². The molecule has 0 aliphatic carbocycles. The van der Waals surface area contributed by atoms with Gasteiger partial charge in [0.15, 0.2) is 5.82 Å². The molecule has 16 heavy (non-hydrogen) atoms. The van der Waals surface area contributed by atoms with Gasteiger partial charge < -0.3 is 0 Å². The standard InChI is InChI=1S/C10H6Cl3N3/c1-5-14-9(16-10(13)15-5)8-6(11)3-2-4-7(8)12/h2-4H,1H3. The molecule has 6 heteroatoms. The number of benzene rings is 1. The van der Waals surface area contributed by atoms with Gasteiger partial charge in [0.05, 0.1) is 15.6 Å². The Bertz CT molecular complexity index is 502. The molecule has 3 nitrogen and oxygen atoms in total. The summed E-state index contributed by atoms with van der Waals surface area (Å²) < 4.78 is 0. The fourth-order valence-electron chi connectivity index (χ4n) is 1.27. The van der Waals surface area contributed by atoms with E-state index in [1.807, 2.05) is 0 Å². The summed E-state index contributed by atoms with van der Waals surface area (Å²) in [6, 6.07) is 5.19. The number of rotatable bonds is 1. The Morgan fingerprint density at radius 3 is 2.12 bits per heavy atom. The Labute approximate surface area is 107 Å². The summed E-state index contributed by atoms with van der Waals surface area (Å²) in [6.07, 6.45) is 0. The van der Waals surface area contributed by atoms with Gasteiger partial charge in [-0.3, -0.25) is 0 Å². The van der Waals surface area contributed by atoms with Crippen LogP contribution in [0.1, 0.15) is 5.82 Å². The summed E-state index contributed by atoms with van der Waals surface area (Å²) in [5.74, 6) is 0.902. The quantitative estimate of drug-likeness (QED) is 0.794. The van der Waals surface area contributed by atoms with Crippen LogP contribution in [0.25, 0.3) is 11.4 Å². The first-order valence-electron chi connectivity index (χ1n) is 4.40. The second-order valence-electron chi connectivity index (χ2n) is 3.07. The van der Waals surface area contributed by atoms with Gasteiger partial charge in [-0.15, -0.1) is 0 Å². The molecule has 0 spiro atoms. The predicted octanol–water partition coefficient (Wildman–Crippen LogP) is 3.81. The largest absolute Gasteiger partial charge is 0.226 e. The van der Waals surface area contributed by atoms with E-state index in [-0.39, 0.29) is 5.28 Å². The summed E-state index contributed by atoms with van der Waals surface area (Å²) in [5.41, 5.74) is 0.568. The van der Waals surface area contributed by atoms with E-state index in [9.17, 15) is 0 Å². The van der Waals surface area contributed by atoms with E-state index >= 15 is 0 Å². The molecule has 2 aromatic rings. The van der Waals surface area contributed by atoms with Crippen molar-refractivity contribution in [3.8, 4) is 11.4 Å². The van der Waals surface area contributed by atoms with E-state index in [4.69, 9.17) is 34.8 Å². The van der Waals surface area contributed by atoms with E-state index in [0.29, 0.717) is 27.3 Å². The lowest BCUT2D eigenvalue weighted by Crippen LogP contribution is -1.97. The minimum atomic E-state index is 0.124. The van der Waals surface area contributed by atoms with Gasteiger partial charge >= 0.3 is 0 Å². The molecule has 0 bridgehead atoms. The molecule has 0 saturated carbocycles. The van der Waals surface area contributed by atoms with E-state index in [0.717, 1.165) is 0 Å². The predicted molar refractivity (Wildman–Crippen MR) is 65.0 cm³/mol. The number of halogens is 3. The highest BCUT2D eigenvalue weighted by atomic mass is 35.5. The highest BCUT2D eigenvalue weighted by Crippen LogP contribution is 2.32. The molecular weight excluding hydrogens is 268 g/mol. The van der Waals surface area contributed by atoms with Crippen LogP contribution in [0.5, 0.6) is 0 Å². The molecule has 0 atom stereocenters. The molecule has 0 fully saturated rings. The minimum absolute atomic E-state index is 0.124. The number of aryl methyl sites for hydroxylation is 1. The first-order chi connectivity index (χ1) is 7.58. The smallest absolute Gasteiger partial charge is 0.213 e. The third kappa shape index (κ3) is 2.26. The molecule has 0 amide bonds. The lowest BCUT2D eigenvalue weighted by atomic mass is 10.2. The SMILES string of the molecule is Cc1nc(Cl)nc(-c2c(Cl)cccc2Cl)n1. The van der Waals surface area contributed by atoms with Gasteiger partial charge in [-0.05, 0) is 30.7 Å². The van der Waals surface area contributed by atoms with Crippen molar-refractivity contribution in [2.24, 2.45) is 0 Å². The van der Waals surface area contributed by atoms with Gasteiger partial charge in [-0.25, -0.2) is 9.97 Å². The average molecular weight is 275 g/mol. The van der Waals surface area contributed by atoms with Crippen molar-refractivity contribution >= 4 is 34.8 Å². The first-order valence-corrected chi connectivity index (χ1v) is 5.54. The summed E-state index contributed by atoms with van der Waals surface area (Å²) in [5, 5.41) is 1.09. The third-order valence-corrected chi connectivity index (χ3v) is 2.71. The maximum absolute atomic E-state index is 6.04. The lowest BCUT2D eigenvalue weighted by Gasteiger charge is -2.05. The van der Waals surface area contributed by atoms with Crippen molar-refractivity contribution in [1.29, 1.82) is 0 Å². The molecule has 1 aromatic carbocycles. The van der Waals surface area contributed by atoms with Crippen LogP contribution < -0.4 is 0 Å². The van der Waals surface area contributed by atoms with E-state index in [1.54, 1.807) is 25.1 Å². The zero-order chi connectivity index (χ0) is 11.7. The summed E-state index contributed by atoms with van der Waals surface area (Å²) in [7, 11) is 0. The Morgan fingerprint density at radius 2 is 1.56 bits per heavy atom. The number of nitrogens with zero attached hydrogens (tertiary/aromatic N) is 3. The highest BCUT2D eigenvalue weighted by Gasteiger charge is 2.12. The molecular formula is C10H6Cl3N3. The van der Waals surface area contributed by atoms with Crippen molar-refractivity contribution in [3.63, 3.8) is 0 Å². The van der Waals surface area contributed by atoms with E-state index in [1.165, 1.54) is 0 Å². The molecule has 0 saturated heterocycles. The number of hydrogen-bond donors (Lipinski definition) is 0. The van der Waals surface area contributed by atoms with Crippen molar-refractivity contribution in [2.75, 3.05) is 0 Å². The summed E-state index contributed by atoms with van der Waals surface area (Å²) >= 11 is 17.8. The lowest BCUT2D eigenvalue weighted by molar-refractivity contribution is 0.984. The van der Waals surface area contributed by atoms with Gasteiger partial charge in [-0.1, -0.05) is 29.3 Å². The first kappa shape index (κ1) is 11.6. The van der Waals surface area contributed by atoms with Crippen LogP contribution in [0, 0.1) is 6.92 Å². The normalized spacial score (nSPS) is 10.5. The monoisotopic (exact) mass is 273 g/mol. The van der Waals surface area contributed by atoms with Crippen molar-refractivity contribution < 1.29 is 0 Å². The highest BCUT2D eigenvalue weighted by molar-refractivity contribution is 6.39. The van der Waals surface area contributed by atoms with Gasteiger partial charge in [0.1, 0.15) is 5.82 Å². The molecule has 0 radical (unpaired) electrons. The number of aromatic nitrogens is 3. The molecule has 0 aliphatic heterocycles. The minimum Gasteiger partial charge on any atom is -0.213 e. The van der Waals surface area contributed by atoms with E-state index < -0.39 is 0 Å². The van der Waals surface area contributed by atoms with Crippen LogP contribution in [0.15, 0.2) is 18.2 Å². The van der Waals surface area contributed by atoms with Gasteiger partial charge in [0.2, 0.25) is 5.28 Å². The van der Waals surface area contributed by atoms with Crippen molar-refractivity contribution in [3.05, 3.63) is 39.4 Å². The molecule has 1 heterocycles. The Hall–Kier alpha value is -0.900. The fourth-order valence-corrected chi connectivity index (χ4v) is 2.04. The second kappa shape index (κ2) is 4.53. The van der Waals surface area contributed by atoms with Crippen LogP contribution in [-0.2, 0) is 0 Å². The third-order valence-electron chi connectivity index (χ3n) is 1.91. The maximum atomic E-state index is 6.04. The molecule has 2 rings (SSSR count). The van der Waals surface area contributed by atoms with Crippen LogP contribution in [0.2, 0.25) is 15.3 Å². The van der Waals surface area contributed by atoms with Crippen molar-refractivity contribution in [2.45, 2.75) is 6.92 Å². The Kier molecular flexibility index (Phi) is 3.28. The van der Waals surface area contributed by atoms with E-state index in [2.05, 4.69) is 15.0 Å². The van der Waals surface area contributed by atoms with Crippen LogP contribution >= 0.6 is 34.8 Å². The molecule has 0 aliphatic rings. The van der Waals surface area contributed by atoms with Crippen LogP contribution in [0.4, 0.5) is 0 Å². The van der Waals surface area contributed by atoms with Gasteiger partial charge in [0.25, 0.3) is 0 Å². The average Bonchev–Trinajstić information content (AvgIpc) is 2.15. The Balaban J connectivity index is 2.67. The maximum Gasteiger partial charge on any atom is 0.226 e. The summed E-state index contributed by atoms with van der Waals surface area (Å²) in [4.78, 5) is 12.0. The van der Waals surface area contributed by atoms with Gasteiger partial charge in [-0.2, -0.15) is 4.98 Å². The second-order valence-corrected chi connectivity index (χ2v) is 4.22. The fraction of sp³-hybridized carbons (Fsp3) is 0.100. The van der Waals surface area contributed by atoms with Gasteiger partial charge in [0, 0.05) is 0 Å². The van der Waals surface area contributed by atoms with Crippen LogP contribution in [-0.4, -0.2) is 15.0 Å². The zero-order valence-corrected chi connectivity index (χ0v) is 10.5. The summed E-state index contributed by atoms with van der Waals surface area (Å²) in [6.45, 7) is 1.72. The molecule has 0 N–H and O–H groups in total. The molecule has 0 unspecified atom stereocenters. The molecule has 82 valence electrons. The number of hydrogen-bond acceptors (Lipinski definition) is 3. The molecule has 1 aromatic heterocycles.